The van der Waals surface area contributed by atoms with Crippen LogP contribution in [0.1, 0.15) is 24.8 Å². The van der Waals surface area contributed by atoms with E-state index in [1.54, 1.807) is 12.1 Å². The molecule has 0 aliphatic carbocycles. The molecule has 1 atom stereocenters. The number of nitro groups is 1. The molecule has 1 aromatic carbocycles. The van der Waals surface area contributed by atoms with Crippen molar-refractivity contribution in [2.75, 3.05) is 13.2 Å². The summed E-state index contributed by atoms with van der Waals surface area (Å²) in [6.07, 6.45) is 2.01. The first kappa shape index (κ1) is 13.3. The van der Waals surface area contributed by atoms with Crippen LogP contribution in [-0.2, 0) is 9.53 Å². The molecule has 17 heavy (non-hydrogen) atoms. The Labute approximate surface area is 99.5 Å². The molecule has 91 valence electrons. The lowest BCUT2D eigenvalue weighted by Crippen LogP contribution is -2.09. The highest BCUT2D eigenvalue weighted by atomic mass is 16.6. The third-order valence-corrected chi connectivity index (χ3v) is 2.41. The molecule has 5 heteroatoms. The van der Waals surface area contributed by atoms with E-state index >= 15 is 0 Å². The average molecular weight is 236 g/mol. The largest absolute Gasteiger partial charge is 0.381 e. The highest BCUT2D eigenvalue weighted by molar-refractivity contribution is 5.53. The average Bonchev–Trinajstić information content (AvgIpc) is 2.34. The van der Waals surface area contributed by atoms with Crippen LogP contribution in [0.15, 0.2) is 24.3 Å². The maximum Gasteiger partial charge on any atom is 0.269 e. The number of non-ortho nitro benzene ring substituents is 1. The topological polar surface area (TPSA) is 69.4 Å². The van der Waals surface area contributed by atoms with Gasteiger partial charge in [-0.15, -0.1) is 0 Å². The Bertz CT molecular complexity index is 392. The molecular formula is C12H14NO4. The van der Waals surface area contributed by atoms with E-state index in [1.807, 2.05) is 13.2 Å². The van der Waals surface area contributed by atoms with Crippen molar-refractivity contribution in [2.45, 2.75) is 19.3 Å². The molecule has 0 aliphatic rings. The Kier molecular flexibility index (Phi) is 5.29. The van der Waals surface area contributed by atoms with Crippen LogP contribution in [-0.4, -0.2) is 24.4 Å². The number of rotatable bonds is 7. The summed E-state index contributed by atoms with van der Waals surface area (Å²) in [6.45, 7) is 2.77. The molecule has 1 rings (SSSR count). The lowest BCUT2D eigenvalue weighted by atomic mass is 9.97. The van der Waals surface area contributed by atoms with Crippen LogP contribution in [0.4, 0.5) is 5.69 Å². The van der Waals surface area contributed by atoms with Gasteiger partial charge in [-0.1, -0.05) is 12.1 Å². The summed E-state index contributed by atoms with van der Waals surface area (Å²) in [5, 5.41) is 10.6. The fourth-order valence-corrected chi connectivity index (χ4v) is 1.53. The lowest BCUT2D eigenvalue weighted by molar-refractivity contribution is -0.384. The van der Waals surface area contributed by atoms with Crippen LogP contribution in [0.3, 0.4) is 0 Å². The summed E-state index contributed by atoms with van der Waals surface area (Å²) < 4.78 is 5.25. The lowest BCUT2D eigenvalue weighted by Gasteiger charge is -2.13. The van der Waals surface area contributed by atoms with Crippen LogP contribution in [0.2, 0.25) is 0 Å². The van der Waals surface area contributed by atoms with Gasteiger partial charge >= 0.3 is 0 Å². The van der Waals surface area contributed by atoms with Gasteiger partial charge in [0.1, 0.15) is 0 Å². The molecule has 0 saturated heterocycles. The molecule has 0 aliphatic heterocycles. The number of nitrogens with zero attached hydrogens (tertiary/aromatic N) is 1. The third kappa shape index (κ3) is 3.96. The summed E-state index contributed by atoms with van der Waals surface area (Å²) in [5.74, 6) is -0.174. The van der Waals surface area contributed by atoms with Gasteiger partial charge in [0, 0.05) is 31.1 Å². The molecule has 0 amide bonds. The molecule has 0 spiro atoms. The monoisotopic (exact) mass is 236 g/mol. The van der Waals surface area contributed by atoms with Crippen molar-refractivity contribution in [3.8, 4) is 0 Å². The second-order valence-corrected chi connectivity index (χ2v) is 3.56. The van der Waals surface area contributed by atoms with Crippen molar-refractivity contribution in [3.05, 3.63) is 39.9 Å². The van der Waals surface area contributed by atoms with E-state index < -0.39 is 4.92 Å². The number of ether oxygens (including phenoxy) is 1. The number of hydrogen-bond donors (Lipinski definition) is 0. The first-order valence-corrected chi connectivity index (χ1v) is 5.36. The minimum absolute atomic E-state index is 0.0231. The SMILES string of the molecule is CCOCC(C[C]=O)c1cccc([N+](=O)[O-])c1. The van der Waals surface area contributed by atoms with E-state index in [2.05, 4.69) is 0 Å². The minimum atomic E-state index is -0.453. The van der Waals surface area contributed by atoms with E-state index in [9.17, 15) is 14.9 Å². The van der Waals surface area contributed by atoms with Crippen LogP contribution >= 0.6 is 0 Å². The zero-order chi connectivity index (χ0) is 12.7. The Morgan fingerprint density at radius 3 is 2.88 bits per heavy atom. The number of benzene rings is 1. The van der Waals surface area contributed by atoms with E-state index in [0.29, 0.717) is 13.2 Å². The molecule has 0 N–H and O–H groups in total. The molecule has 0 saturated carbocycles. The molecule has 0 heterocycles. The van der Waals surface area contributed by atoms with Crippen molar-refractivity contribution in [3.63, 3.8) is 0 Å². The summed E-state index contributed by atoms with van der Waals surface area (Å²) >= 11 is 0. The fraction of sp³-hybridized carbons (Fsp3) is 0.417. The smallest absolute Gasteiger partial charge is 0.269 e. The van der Waals surface area contributed by atoms with Gasteiger partial charge in [-0.25, -0.2) is 0 Å². The van der Waals surface area contributed by atoms with Gasteiger partial charge in [-0.3, -0.25) is 14.9 Å². The van der Waals surface area contributed by atoms with Gasteiger partial charge in [-0.05, 0) is 12.5 Å². The summed E-state index contributed by atoms with van der Waals surface area (Å²) in [7, 11) is 0. The molecule has 0 aromatic heterocycles. The second-order valence-electron chi connectivity index (χ2n) is 3.56. The van der Waals surface area contributed by atoms with Crippen LogP contribution in [0, 0.1) is 10.1 Å². The minimum Gasteiger partial charge on any atom is -0.381 e. The fourth-order valence-electron chi connectivity index (χ4n) is 1.53. The predicted octanol–water partition coefficient (Wildman–Crippen LogP) is 2.21. The van der Waals surface area contributed by atoms with Gasteiger partial charge < -0.3 is 4.74 Å². The predicted molar refractivity (Wildman–Crippen MR) is 62.6 cm³/mol. The third-order valence-electron chi connectivity index (χ3n) is 2.41. The Morgan fingerprint density at radius 1 is 1.53 bits per heavy atom. The van der Waals surface area contributed by atoms with Crippen molar-refractivity contribution in [1.29, 1.82) is 0 Å². The van der Waals surface area contributed by atoms with E-state index in [1.165, 1.54) is 12.1 Å². The summed E-state index contributed by atoms with van der Waals surface area (Å²) in [6, 6.07) is 6.26. The number of carbonyl (C=O) groups excluding carboxylic acids is 1. The highest BCUT2D eigenvalue weighted by Gasteiger charge is 2.15. The van der Waals surface area contributed by atoms with Crippen LogP contribution in [0.5, 0.6) is 0 Å². The molecule has 5 nitrogen and oxygen atoms in total. The maximum atomic E-state index is 10.6. The van der Waals surface area contributed by atoms with E-state index in [-0.39, 0.29) is 18.0 Å². The zero-order valence-electron chi connectivity index (χ0n) is 9.59. The zero-order valence-corrected chi connectivity index (χ0v) is 9.59. The van der Waals surface area contributed by atoms with Gasteiger partial charge in [0.15, 0.2) is 6.29 Å². The van der Waals surface area contributed by atoms with Crippen molar-refractivity contribution >= 4 is 12.0 Å². The van der Waals surface area contributed by atoms with Crippen molar-refractivity contribution < 1.29 is 14.5 Å². The molecule has 0 bridgehead atoms. The number of hydrogen-bond acceptors (Lipinski definition) is 4. The quantitative estimate of drug-likeness (QED) is 0.537. The number of nitro benzene ring substituents is 1. The normalized spacial score (nSPS) is 12.1. The molecule has 1 aromatic rings. The van der Waals surface area contributed by atoms with Gasteiger partial charge in [0.05, 0.1) is 11.5 Å². The van der Waals surface area contributed by atoms with Crippen molar-refractivity contribution in [2.24, 2.45) is 0 Å². The van der Waals surface area contributed by atoms with Crippen molar-refractivity contribution in [1.82, 2.24) is 0 Å². The van der Waals surface area contributed by atoms with Crippen LogP contribution in [0.25, 0.3) is 0 Å². The van der Waals surface area contributed by atoms with E-state index in [4.69, 9.17) is 4.74 Å². The second kappa shape index (κ2) is 6.75. The standard InChI is InChI=1S/C12H14NO4/c1-2-17-9-11(6-7-14)10-4-3-5-12(8-10)13(15)16/h3-5,8,11H,2,6,9H2,1H3. The first-order valence-electron chi connectivity index (χ1n) is 5.36. The molecule has 0 fully saturated rings. The molecular weight excluding hydrogens is 222 g/mol. The van der Waals surface area contributed by atoms with Gasteiger partial charge in [0.2, 0.25) is 0 Å². The Morgan fingerprint density at radius 2 is 2.29 bits per heavy atom. The maximum absolute atomic E-state index is 10.6. The summed E-state index contributed by atoms with van der Waals surface area (Å²) in [5.41, 5.74) is 0.755. The van der Waals surface area contributed by atoms with E-state index in [0.717, 1.165) is 5.56 Å². The molecule has 1 radical (unpaired) electrons. The van der Waals surface area contributed by atoms with Gasteiger partial charge in [-0.2, -0.15) is 0 Å². The van der Waals surface area contributed by atoms with Crippen LogP contribution < -0.4 is 0 Å². The Hall–Kier alpha value is -1.75. The first-order chi connectivity index (χ1) is 8.19. The highest BCUT2D eigenvalue weighted by Crippen LogP contribution is 2.23. The molecule has 1 unspecified atom stereocenters. The van der Waals surface area contributed by atoms with Gasteiger partial charge in [0.25, 0.3) is 5.69 Å². The summed E-state index contributed by atoms with van der Waals surface area (Å²) in [4.78, 5) is 20.6. The Balaban J connectivity index is 2.88.